The van der Waals surface area contributed by atoms with Crippen LogP contribution in [0.15, 0.2) is 36.4 Å². The summed E-state index contributed by atoms with van der Waals surface area (Å²) in [4.78, 5) is 10.7. The van der Waals surface area contributed by atoms with E-state index in [1.165, 1.54) is 25.1 Å². The predicted octanol–water partition coefficient (Wildman–Crippen LogP) is 4.75. The Labute approximate surface area is 166 Å². The van der Waals surface area contributed by atoms with E-state index in [4.69, 9.17) is 10.8 Å². The molecule has 0 saturated heterocycles. The van der Waals surface area contributed by atoms with Crippen LogP contribution in [0.3, 0.4) is 0 Å². The molecule has 152 valence electrons. The number of aromatic hydroxyl groups is 2. The van der Waals surface area contributed by atoms with Crippen molar-refractivity contribution in [1.82, 2.24) is 0 Å². The van der Waals surface area contributed by atoms with Gasteiger partial charge in [0.2, 0.25) is 0 Å². The van der Waals surface area contributed by atoms with Gasteiger partial charge in [0.05, 0.1) is 0 Å². The number of carbonyl (C=O) groups is 1. The SMILES string of the molecule is CC(=O)c1ccc(O)cc1.CCCC(N)CCC1Cc2cc(O)cc(F)c2C1. The fourth-order valence-corrected chi connectivity index (χ4v) is 3.63. The number of ketones is 1. The third-order valence-corrected chi connectivity index (χ3v) is 5.15. The zero-order valence-corrected chi connectivity index (χ0v) is 16.6. The van der Waals surface area contributed by atoms with Crippen molar-refractivity contribution in [2.24, 2.45) is 11.7 Å². The molecule has 4 nitrogen and oxygen atoms in total. The first kappa shape index (κ1) is 21.9. The summed E-state index contributed by atoms with van der Waals surface area (Å²) in [5, 5.41) is 18.2. The van der Waals surface area contributed by atoms with Gasteiger partial charge in [-0.05, 0) is 86.4 Å². The highest BCUT2D eigenvalue weighted by atomic mass is 19.1. The molecule has 2 unspecified atom stereocenters. The van der Waals surface area contributed by atoms with Crippen LogP contribution in [0.25, 0.3) is 0 Å². The van der Waals surface area contributed by atoms with Crippen LogP contribution in [0.1, 0.15) is 61.0 Å². The number of carbonyl (C=O) groups excluding carboxylic acids is 1. The summed E-state index contributed by atoms with van der Waals surface area (Å²) < 4.78 is 13.7. The molecule has 0 radical (unpaired) electrons. The molecule has 3 rings (SSSR count). The molecule has 0 aromatic heterocycles. The topological polar surface area (TPSA) is 83.5 Å². The van der Waals surface area contributed by atoms with Gasteiger partial charge in [0, 0.05) is 17.7 Å². The first-order valence-electron chi connectivity index (χ1n) is 9.86. The molecule has 0 aliphatic heterocycles. The monoisotopic (exact) mass is 387 g/mol. The molecule has 5 heteroatoms. The standard InChI is InChI=1S/C15H22FNO.C8H8O2/c1-2-3-12(17)5-4-10-6-11-8-13(18)9-15(16)14(11)7-10;1-6(9)7-2-4-8(10)5-3-7/h8-10,12,18H,2-7,17H2,1H3;2-5,10H,1H3. The number of hydrogen-bond acceptors (Lipinski definition) is 4. The van der Waals surface area contributed by atoms with Crippen molar-refractivity contribution in [2.75, 3.05) is 0 Å². The number of Topliss-reactive ketones (excluding diaryl/α,β-unsaturated/α-hetero) is 1. The van der Waals surface area contributed by atoms with E-state index >= 15 is 0 Å². The Kier molecular flexibility index (Phi) is 8.00. The maximum atomic E-state index is 13.7. The van der Waals surface area contributed by atoms with Crippen molar-refractivity contribution in [3.63, 3.8) is 0 Å². The molecule has 0 saturated carbocycles. The van der Waals surface area contributed by atoms with Crippen molar-refractivity contribution in [3.8, 4) is 11.5 Å². The third kappa shape index (κ3) is 6.34. The number of phenolic OH excluding ortho intramolecular Hbond substituents is 2. The van der Waals surface area contributed by atoms with Gasteiger partial charge in [-0.2, -0.15) is 0 Å². The zero-order chi connectivity index (χ0) is 20.7. The normalized spacial score (nSPS) is 16.1. The third-order valence-electron chi connectivity index (χ3n) is 5.15. The Balaban J connectivity index is 0.000000237. The first-order chi connectivity index (χ1) is 13.3. The van der Waals surface area contributed by atoms with Gasteiger partial charge in [0.1, 0.15) is 17.3 Å². The molecule has 0 heterocycles. The van der Waals surface area contributed by atoms with E-state index in [2.05, 4.69) is 6.92 Å². The van der Waals surface area contributed by atoms with Gasteiger partial charge in [-0.1, -0.05) is 13.3 Å². The van der Waals surface area contributed by atoms with Crippen molar-refractivity contribution in [1.29, 1.82) is 0 Å². The van der Waals surface area contributed by atoms with Crippen LogP contribution in [0.2, 0.25) is 0 Å². The summed E-state index contributed by atoms with van der Waals surface area (Å²) in [6.45, 7) is 3.63. The summed E-state index contributed by atoms with van der Waals surface area (Å²) in [7, 11) is 0. The predicted molar refractivity (Wildman–Crippen MR) is 109 cm³/mol. The Hall–Kier alpha value is -2.40. The second-order valence-corrected chi connectivity index (χ2v) is 7.57. The number of benzene rings is 2. The minimum atomic E-state index is -0.259. The molecule has 0 spiro atoms. The van der Waals surface area contributed by atoms with Crippen LogP contribution >= 0.6 is 0 Å². The van der Waals surface area contributed by atoms with Gasteiger partial charge in [0.15, 0.2) is 5.78 Å². The maximum Gasteiger partial charge on any atom is 0.159 e. The molecular weight excluding hydrogens is 357 g/mol. The van der Waals surface area contributed by atoms with Crippen molar-refractivity contribution in [3.05, 3.63) is 58.9 Å². The molecule has 2 aromatic rings. The summed E-state index contributed by atoms with van der Waals surface area (Å²) in [5.74, 6) is 0.462. The van der Waals surface area contributed by atoms with Crippen LogP contribution in [-0.2, 0) is 12.8 Å². The minimum Gasteiger partial charge on any atom is -0.508 e. The fourth-order valence-electron chi connectivity index (χ4n) is 3.63. The number of fused-ring (bicyclic) bond motifs is 1. The lowest BCUT2D eigenvalue weighted by Gasteiger charge is -2.13. The highest BCUT2D eigenvalue weighted by molar-refractivity contribution is 5.94. The minimum absolute atomic E-state index is 0.0139. The van der Waals surface area contributed by atoms with Crippen LogP contribution in [-0.4, -0.2) is 22.0 Å². The lowest BCUT2D eigenvalue weighted by molar-refractivity contribution is 0.101. The van der Waals surface area contributed by atoms with Gasteiger partial charge in [-0.25, -0.2) is 4.39 Å². The number of halogens is 1. The van der Waals surface area contributed by atoms with Gasteiger partial charge < -0.3 is 15.9 Å². The summed E-state index contributed by atoms with van der Waals surface area (Å²) in [5.41, 5.74) is 8.40. The molecule has 28 heavy (non-hydrogen) atoms. The molecule has 1 aliphatic carbocycles. The van der Waals surface area contributed by atoms with E-state index < -0.39 is 0 Å². The molecular formula is C23H30FNO3. The zero-order valence-electron chi connectivity index (χ0n) is 16.6. The second-order valence-electron chi connectivity index (χ2n) is 7.57. The highest BCUT2D eigenvalue weighted by Gasteiger charge is 2.25. The van der Waals surface area contributed by atoms with E-state index in [-0.39, 0.29) is 29.1 Å². The maximum absolute atomic E-state index is 13.7. The Bertz CT molecular complexity index is 789. The van der Waals surface area contributed by atoms with Crippen LogP contribution in [0.4, 0.5) is 4.39 Å². The number of hydrogen-bond donors (Lipinski definition) is 3. The lowest BCUT2D eigenvalue weighted by Crippen LogP contribution is -2.20. The number of phenols is 2. The van der Waals surface area contributed by atoms with Crippen LogP contribution in [0.5, 0.6) is 11.5 Å². The van der Waals surface area contributed by atoms with Gasteiger partial charge in [0.25, 0.3) is 0 Å². The number of nitrogens with two attached hydrogens (primary N) is 1. The van der Waals surface area contributed by atoms with E-state index in [9.17, 15) is 14.3 Å². The number of rotatable bonds is 6. The summed E-state index contributed by atoms with van der Waals surface area (Å²) in [6.07, 6.45) is 5.92. The fraction of sp³-hybridized carbons (Fsp3) is 0.435. The quantitative estimate of drug-likeness (QED) is 0.625. The molecule has 2 atom stereocenters. The molecule has 2 aromatic carbocycles. The molecule has 4 N–H and O–H groups in total. The summed E-state index contributed by atoms with van der Waals surface area (Å²) in [6, 6.07) is 9.37. The van der Waals surface area contributed by atoms with Gasteiger partial charge in [-0.15, -0.1) is 0 Å². The Morgan fingerprint density at radius 3 is 2.43 bits per heavy atom. The average molecular weight is 387 g/mol. The van der Waals surface area contributed by atoms with E-state index in [1.807, 2.05) is 0 Å². The van der Waals surface area contributed by atoms with Crippen LogP contribution < -0.4 is 5.73 Å². The second kappa shape index (κ2) is 10.2. The van der Waals surface area contributed by atoms with E-state index in [0.29, 0.717) is 11.5 Å². The highest BCUT2D eigenvalue weighted by Crippen LogP contribution is 2.34. The largest absolute Gasteiger partial charge is 0.508 e. The van der Waals surface area contributed by atoms with E-state index in [0.717, 1.165) is 49.7 Å². The van der Waals surface area contributed by atoms with E-state index in [1.54, 1.807) is 18.2 Å². The average Bonchev–Trinajstić information content (AvgIpc) is 3.04. The van der Waals surface area contributed by atoms with Gasteiger partial charge >= 0.3 is 0 Å². The molecule has 0 amide bonds. The first-order valence-corrected chi connectivity index (χ1v) is 9.86. The molecule has 0 fully saturated rings. The molecule has 0 bridgehead atoms. The Morgan fingerprint density at radius 1 is 1.14 bits per heavy atom. The van der Waals surface area contributed by atoms with Crippen LogP contribution in [0, 0.1) is 11.7 Å². The lowest BCUT2D eigenvalue weighted by atomic mass is 9.96. The van der Waals surface area contributed by atoms with Crippen molar-refractivity contribution < 1.29 is 19.4 Å². The molecule has 1 aliphatic rings. The van der Waals surface area contributed by atoms with Crippen molar-refractivity contribution in [2.45, 2.75) is 58.4 Å². The van der Waals surface area contributed by atoms with Crippen molar-refractivity contribution >= 4 is 5.78 Å². The smallest absolute Gasteiger partial charge is 0.159 e. The Morgan fingerprint density at radius 2 is 1.82 bits per heavy atom. The summed E-state index contributed by atoms with van der Waals surface area (Å²) >= 11 is 0. The van der Waals surface area contributed by atoms with Gasteiger partial charge in [-0.3, -0.25) is 4.79 Å².